The molecule has 0 radical (unpaired) electrons. The molecule has 10 nitrogen and oxygen atoms in total. The van der Waals surface area contributed by atoms with Crippen LogP contribution in [0.25, 0.3) is 11.4 Å². The third-order valence-electron chi connectivity index (χ3n) is 4.67. The molecule has 0 spiro atoms. The van der Waals surface area contributed by atoms with Crippen molar-refractivity contribution in [2.45, 2.75) is 6.54 Å². The summed E-state index contributed by atoms with van der Waals surface area (Å²) in [5.74, 6) is 0.613. The average Bonchev–Trinajstić information content (AvgIpc) is 3.38. The molecule has 0 saturated carbocycles. The zero-order valence-electron chi connectivity index (χ0n) is 15.1. The van der Waals surface area contributed by atoms with Crippen molar-refractivity contribution in [3.05, 3.63) is 42.5 Å². The van der Waals surface area contributed by atoms with Crippen LogP contribution in [0.2, 0.25) is 0 Å². The van der Waals surface area contributed by atoms with Crippen LogP contribution in [0.1, 0.15) is 10.4 Å². The Balaban J connectivity index is 1.31. The van der Waals surface area contributed by atoms with Crippen LogP contribution in [0.3, 0.4) is 0 Å². The molecule has 27 heavy (non-hydrogen) atoms. The van der Waals surface area contributed by atoms with Crippen LogP contribution in [-0.2, 0) is 13.6 Å². The van der Waals surface area contributed by atoms with E-state index in [0.29, 0.717) is 11.4 Å². The number of piperazine rings is 1. The highest BCUT2D eigenvalue weighted by atomic mass is 16.2. The Morgan fingerprint density at radius 1 is 1.07 bits per heavy atom. The van der Waals surface area contributed by atoms with Gasteiger partial charge < -0.3 is 4.90 Å². The number of nitrogens with zero attached hydrogens (tertiary/aromatic N) is 9. The first-order valence-corrected chi connectivity index (χ1v) is 8.87. The maximum absolute atomic E-state index is 12.7. The average molecular weight is 367 g/mol. The Labute approximate surface area is 156 Å². The molecule has 1 aromatic carbocycles. The molecule has 10 heteroatoms. The van der Waals surface area contributed by atoms with Gasteiger partial charge in [0.05, 0.1) is 13.6 Å². The highest BCUT2D eigenvalue weighted by Crippen LogP contribution is 2.16. The summed E-state index contributed by atoms with van der Waals surface area (Å²) < 4.78 is 1.82. The molecule has 140 valence electrons. The van der Waals surface area contributed by atoms with Crippen LogP contribution in [-0.4, -0.2) is 83.4 Å². The van der Waals surface area contributed by atoms with Crippen molar-refractivity contribution in [1.82, 2.24) is 44.8 Å². The van der Waals surface area contributed by atoms with Gasteiger partial charge in [0.1, 0.15) is 12.7 Å². The van der Waals surface area contributed by atoms with Crippen LogP contribution < -0.4 is 0 Å². The van der Waals surface area contributed by atoms with Gasteiger partial charge in [-0.1, -0.05) is 12.1 Å². The fourth-order valence-corrected chi connectivity index (χ4v) is 3.11. The summed E-state index contributed by atoms with van der Waals surface area (Å²) in [5.41, 5.74) is 1.52. The number of amides is 1. The Hall–Kier alpha value is -3.14. The topological polar surface area (TPSA) is 97.9 Å². The maximum Gasteiger partial charge on any atom is 0.253 e. The first kappa shape index (κ1) is 17.3. The zero-order valence-corrected chi connectivity index (χ0v) is 15.1. The second kappa shape index (κ2) is 7.62. The SMILES string of the molecule is Cn1nnc(-c2ccc(C(=O)N3CCN(CCn4cncn4)CC3)cc2)n1. The van der Waals surface area contributed by atoms with Gasteiger partial charge in [0.25, 0.3) is 5.91 Å². The molecule has 0 N–H and O–H groups in total. The van der Waals surface area contributed by atoms with Gasteiger partial charge in [-0.2, -0.15) is 9.90 Å². The molecule has 0 atom stereocenters. The number of benzene rings is 1. The van der Waals surface area contributed by atoms with E-state index in [2.05, 4.69) is 30.4 Å². The van der Waals surface area contributed by atoms with Gasteiger partial charge in [0, 0.05) is 43.9 Å². The Morgan fingerprint density at radius 2 is 1.85 bits per heavy atom. The number of hydrogen-bond acceptors (Lipinski definition) is 7. The summed E-state index contributed by atoms with van der Waals surface area (Å²) >= 11 is 0. The zero-order chi connectivity index (χ0) is 18.6. The molecular formula is C17H21N9O. The predicted octanol–water partition coefficient (Wildman–Crippen LogP) is -0.0734. The monoisotopic (exact) mass is 367 g/mol. The van der Waals surface area contributed by atoms with Crippen molar-refractivity contribution in [2.24, 2.45) is 7.05 Å². The van der Waals surface area contributed by atoms with Gasteiger partial charge in [-0.3, -0.25) is 14.4 Å². The fraction of sp³-hybridized carbons (Fsp3) is 0.412. The maximum atomic E-state index is 12.7. The van der Waals surface area contributed by atoms with E-state index in [0.717, 1.165) is 44.8 Å². The first-order chi connectivity index (χ1) is 13.2. The number of rotatable bonds is 5. The lowest BCUT2D eigenvalue weighted by molar-refractivity contribution is 0.0632. The number of aryl methyl sites for hydroxylation is 1. The van der Waals surface area contributed by atoms with Gasteiger partial charge in [0.2, 0.25) is 5.82 Å². The molecule has 0 aliphatic carbocycles. The van der Waals surface area contributed by atoms with E-state index in [9.17, 15) is 4.79 Å². The van der Waals surface area contributed by atoms with Gasteiger partial charge in [-0.25, -0.2) is 4.98 Å². The van der Waals surface area contributed by atoms with E-state index >= 15 is 0 Å². The number of carbonyl (C=O) groups is 1. The summed E-state index contributed by atoms with van der Waals surface area (Å²) in [6.45, 7) is 4.90. The van der Waals surface area contributed by atoms with Crippen LogP contribution >= 0.6 is 0 Å². The number of carbonyl (C=O) groups excluding carboxylic acids is 1. The van der Waals surface area contributed by atoms with Crippen LogP contribution in [0.5, 0.6) is 0 Å². The Morgan fingerprint density at radius 3 is 2.48 bits per heavy atom. The number of tetrazole rings is 1. The second-order valence-corrected chi connectivity index (χ2v) is 6.47. The molecule has 3 heterocycles. The summed E-state index contributed by atoms with van der Waals surface area (Å²) in [5, 5.41) is 16.1. The molecule has 1 saturated heterocycles. The minimum absolute atomic E-state index is 0.0598. The van der Waals surface area contributed by atoms with Crippen LogP contribution in [0.15, 0.2) is 36.9 Å². The summed E-state index contributed by atoms with van der Waals surface area (Å²) in [4.78, 5) is 22.3. The van der Waals surface area contributed by atoms with Gasteiger partial charge in [-0.05, 0) is 17.3 Å². The van der Waals surface area contributed by atoms with Gasteiger partial charge >= 0.3 is 0 Å². The molecule has 0 unspecified atom stereocenters. The lowest BCUT2D eigenvalue weighted by Gasteiger charge is -2.34. The van der Waals surface area contributed by atoms with Crippen molar-refractivity contribution in [2.75, 3.05) is 32.7 Å². The van der Waals surface area contributed by atoms with Crippen molar-refractivity contribution >= 4 is 5.91 Å². The fourth-order valence-electron chi connectivity index (χ4n) is 3.11. The molecule has 1 aliphatic rings. The third kappa shape index (κ3) is 4.00. The molecule has 1 amide bonds. The van der Waals surface area contributed by atoms with Crippen molar-refractivity contribution in [3.8, 4) is 11.4 Å². The molecule has 2 aromatic heterocycles. The van der Waals surface area contributed by atoms with E-state index in [1.54, 1.807) is 19.7 Å². The van der Waals surface area contributed by atoms with Crippen LogP contribution in [0.4, 0.5) is 0 Å². The summed E-state index contributed by atoms with van der Waals surface area (Å²) in [7, 11) is 1.72. The molecule has 1 aliphatic heterocycles. The largest absolute Gasteiger partial charge is 0.336 e. The van der Waals surface area contributed by atoms with E-state index in [1.165, 1.54) is 4.80 Å². The highest BCUT2D eigenvalue weighted by Gasteiger charge is 2.22. The summed E-state index contributed by atoms with van der Waals surface area (Å²) in [6, 6.07) is 7.37. The van der Waals surface area contributed by atoms with Crippen molar-refractivity contribution in [1.29, 1.82) is 0 Å². The van der Waals surface area contributed by atoms with Crippen molar-refractivity contribution < 1.29 is 4.79 Å². The van der Waals surface area contributed by atoms with E-state index in [4.69, 9.17) is 0 Å². The number of hydrogen-bond donors (Lipinski definition) is 0. The van der Waals surface area contributed by atoms with Crippen LogP contribution in [0, 0.1) is 0 Å². The predicted molar refractivity (Wildman–Crippen MR) is 96.6 cm³/mol. The lowest BCUT2D eigenvalue weighted by Crippen LogP contribution is -2.49. The smallest absolute Gasteiger partial charge is 0.253 e. The quantitative estimate of drug-likeness (QED) is 0.622. The van der Waals surface area contributed by atoms with E-state index in [1.807, 2.05) is 33.8 Å². The number of aromatic nitrogens is 7. The highest BCUT2D eigenvalue weighted by molar-refractivity contribution is 5.94. The molecular weight excluding hydrogens is 346 g/mol. The minimum atomic E-state index is 0.0598. The molecule has 4 rings (SSSR count). The Bertz CT molecular complexity index is 880. The molecule has 0 bridgehead atoms. The molecule has 3 aromatic rings. The van der Waals surface area contributed by atoms with Gasteiger partial charge in [-0.15, -0.1) is 10.2 Å². The van der Waals surface area contributed by atoms with E-state index < -0.39 is 0 Å². The van der Waals surface area contributed by atoms with E-state index in [-0.39, 0.29) is 5.91 Å². The third-order valence-corrected chi connectivity index (χ3v) is 4.67. The van der Waals surface area contributed by atoms with Gasteiger partial charge in [0.15, 0.2) is 0 Å². The standard InChI is InChI=1S/C17H21N9O/c1-23-21-16(20-22-23)14-2-4-15(5-3-14)17(27)25-9-6-24(7-10-25)8-11-26-13-18-12-19-26/h2-5,12-13H,6-11H2,1H3. The van der Waals surface area contributed by atoms with Crippen molar-refractivity contribution in [3.63, 3.8) is 0 Å². The minimum Gasteiger partial charge on any atom is -0.336 e. The molecule has 1 fully saturated rings. The first-order valence-electron chi connectivity index (χ1n) is 8.87. The Kier molecular flexibility index (Phi) is 4.88. The summed E-state index contributed by atoms with van der Waals surface area (Å²) in [6.07, 6.45) is 3.27. The second-order valence-electron chi connectivity index (χ2n) is 6.47. The normalized spacial score (nSPS) is 15.2. The lowest BCUT2D eigenvalue weighted by atomic mass is 10.1.